The van der Waals surface area contributed by atoms with E-state index in [9.17, 15) is 0 Å². The van der Waals surface area contributed by atoms with Crippen molar-refractivity contribution in [3.05, 3.63) is 0 Å². The zero-order valence-electron chi connectivity index (χ0n) is 12.2. The number of nitrogens with zero attached hydrogens (tertiary/aromatic N) is 2. The zero-order valence-corrected chi connectivity index (χ0v) is 14.5. The highest BCUT2D eigenvalue weighted by Crippen LogP contribution is 2.18. The molecule has 0 spiro atoms. The van der Waals surface area contributed by atoms with Crippen LogP contribution in [-0.4, -0.2) is 50.1 Å². The highest BCUT2D eigenvalue weighted by Gasteiger charge is 2.21. The summed E-state index contributed by atoms with van der Waals surface area (Å²) >= 11 is 0. The van der Waals surface area contributed by atoms with Crippen molar-refractivity contribution in [1.82, 2.24) is 15.5 Å². The van der Waals surface area contributed by atoms with Crippen LogP contribution in [0, 0.1) is 0 Å². The third-order valence-electron chi connectivity index (χ3n) is 3.78. The molecule has 112 valence electrons. The van der Waals surface area contributed by atoms with E-state index in [0.717, 1.165) is 12.5 Å². The lowest BCUT2D eigenvalue weighted by molar-refractivity contribution is 0.282. The van der Waals surface area contributed by atoms with Crippen LogP contribution in [0.3, 0.4) is 0 Å². The minimum absolute atomic E-state index is 0. The maximum absolute atomic E-state index is 4.25. The fourth-order valence-electron chi connectivity index (χ4n) is 2.48. The summed E-state index contributed by atoms with van der Waals surface area (Å²) in [4.78, 5) is 6.87. The van der Waals surface area contributed by atoms with Gasteiger partial charge in [-0.25, -0.2) is 0 Å². The molecule has 2 N–H and O–H groups in total. The SMILES string of the molecule is CN=C(NCCCN1CCCCCC1)NC1CC1.I. The molecule has 2 aliphatic rings. The fourth-order valence-corrected chi connectivity index (χ4v) is 2.48. The Labute approximate surface area is 134 Å². The first-order valence-electron chi connectivity index (χ1n) is 7.58. The van der Waals surface area contributed by atoms with Gasteiger partial charge in [-0.3, -0.25) is 4.99 Å². The van der Waals surface area contributed by atoms with E-state index in [2.05, 4.69) is 20.5 Å². The van der Waals surface area contributed by atoms with E-state index in [-0.39, 0.29) is 24.0 Å². The second kappa shape index (κ2) is 9.80. The molecule has 1 saturated carbocycles. The fraction of sp³-hybridized carbons (Fsp3) is 0.929. The number of aliphatic imine (C=N–C) groups is 1. The summed E-state index contributed by atoms with van der Waals surface area (Å²) in [5, 5.41) is 6.82. The smallest absolute Gasteiger partial charge is 0.191 e. The monoisotopic (exact) mass is 380 g/mol. The molecule has 1 aliphatic carbocycles. The first kappa shape index (κ1) is 17.0. The quantitative estimate of drug-likeness (QED) is 0.333. The predicted molar refractivity (Wildman–Crippen MR) is 92.5 cm³/mol. The lowest BCUT2D eigenvalue weighted by Crippen LogP contribution is -2.39. The second-order valence-electron chi connectivity index (χ2n) is 5.53. The summed E-state index contributed by atoms with van der Waals surface area (Å²) in [6.07, 6.45) is 9.43. The molecular weight excluding hydrogens is 351 g/mol. The van der Waals surface area contributed by atoms with Crippen LogP contribution in [0.2, 0.25) is 0 Å². The van der Waals surface area contributed by atoms with E-state index >= 15 is 0 Å². The topological polar surface area (TPSA) is 39.7 Å². The van der Waals surface area contributed by atoms with Crippen molar-refractivity contribution in [2.24, 2.45) is 4.99 Å². The number of hydrogen-bond donors (Lipinski definition) is 2. The van der Waals surface area contributed by atoms with Gasteiger partial charge in [-0.1, -0.05) is 12.8 Å². The summed E-state index contributed by atoms with van der Waals surface area (Å²) < 4.78 is 0. The Kier molecular flexibility index (Phi) is 8.77. The van der Waals surface area contributed by atoms with Crippen molar-refractivity contribution < 1.29 is 0 Å². The van der Waals surface area contributed by atoms with Gasteiger partial charge in [0.05, 0.1) is 0 Å². The van der Waals surface area contributed by atoms with Crippen LogP contribution in [0.15, 0.2) is 4.99 Å². The molecular formula is C14H29IN4. The Hall–Kier alpha value is -0.0400. The number of likely N-dealkylation sites (tertiary alicyclic amines) is 1. The van der Waals surface area contributed by atoms with Gasteiger partial charge >= 0.3 is 0 Å². The van der Waals surface area contributed by atoms with Gasteiger partial charge in [0.1, 0.15) is 0 Å². The summed E-state index contributed by atoms with van der Waals surface area (Å²) in [7, 11) is 1.85. The molecule has 19 heavy (non-hydrogen) atoms. The van der Waals surface area contributed by atoms with Crippen molar-refractivity contribution in [3.8, 4) is 0 Å². The lowest BCUT2D eigenvalue weighted by Gasteiger charge is -2.20. The zero-order chi connectivity index (χ0) is 12.6. The van der Waals surface area contributed by atoms with Crippen LogP contribution in [-0.2, 0) is 0 Å². The molecule has 2 rings (SSSR count). The Bertz CT molecular complexity index is 258. The Morgan fingerprint density at radius 1 is 1.16 bits per heavy atom. The van der Waals surface area contributed by atoms with Crippen LogP contribution in [0.4, 0.5) is 0 Å². The molecule has 0 amide bonds. The first-order chi connectivity index (χ1) is 8.88. The van der Waals surface area contributed by atoms with Crippen LogP contribution >= 0.6 is 24.0 Å². The van der Waals surface area contributed by atoms with Gasteiger partial charge in [0, 0.05) is 19.6 Å². The third-order valence-corrected chi connectivity index (χ3v) is 3.78. The largest absolute Gasteiger partial charge is 0.356 e. The Morgan fingerprint density at radius 3 is 2.42 bits per heavy atom. The molecule has 4 nitrogen and oxygen atoms in total. The van der Waals surface area contributed by atoms with E-state index in [1.807, 2.05) is 7.05 Å². The van der Waals surface area contributed by atoms with Crippen molar-refractivity contribution >= 4 is 29.9 Å². The molecule has 0 aromatic heterocycles. The number of hydrogen-bond acceptors (Lipinski definition) is 2. The number of halogens is 1. The van der Waals surface area contributed by atoms with E-state index in [4.69, 9.17) is 0 Å². The highest BCUT2D eigenvalue weighted by molar-refractivity contribution is 14.0. The first-order valence-corrected chi connectivity index (χ1v) is 7.58. The minimum Gasteiger partial charge on any atom is -0.356 e. The molecule has 1 aliphatic heterocycles. The molecule has 0 atom stereocenters. The van der Waals surface area contributed by atoms with Gasteiger partial charge in [0.25, 0.3) is 0 Å². The summed E-state index contributed by atoms with van der Waals surface area (Å²) in [6.45, 7) is 4.86. The van der Waals surface area contributed by atoms with E-state index in [1.54, 1.807) is 0 Å². The van der Waals surface area contributed by atoms with Gasteiger partial charge in [-0.2, -0.15) is 0 Å². The number of rotatable bonds is 5. The van der Waals surface area contributed by atoms with Crippen molar-refractivity contribution in [1.29, 1.82) is 0 Å². The van der Waals surface area contributed by atoms with E-state index in [0.29, 0.717) is 6.04 Å². The van der Waals surface area contributed by atoms with Gasteiger partial charge in [-0.15, -0.1) is 24.0 Å². The van der Waals surface area contributed by atoms with E-state index < -0.39 is 0 Å². The van der Waals surface area contributed by atoms with Crippen molar-refractivity contribution in [2.75, 3.05) is 33.2 Å². The molecule has 1 heterocycles. The summed E-state index contributed by atoms with van der Waals surface area (Å²) in [5.74, 6) is 0.980. The maximum atomic E-state index is 4.25. The average Bonchev–Trinajstić information content (AvgIpc) is 3.20. The second-order valence-corrected chi connectivity index (χ2v) is 5.53. The molecule has 1 saturated heterocycles. The summed E-state index contributed by atoms with van der Waals surface area (Å²) in [6, 6.07) is 0.682. The Balaban J connectivity index is 0.00000180. The number of guanidine groups is 1. The maximum Gasteiger partial charge on any atom is 0.191 e. The highest BCUT2D eigenvalue weighted by atomic mass is 127. The van der Waals surface area contributed by atoms with Gasteiger partial charge in [0.15, 0.2) is 5.96 Å². The standard InChI is InChI=1S/C14H28N4.HI/c1-15-14(17-13-7-8-13)16-9-6-12-18-10-4-2-3-5-11-18;/h13H,2-12H2,1H3,(H2,15,16,17);1H. The van der Waals surface area contributed by atoms with Crippen LogP contribution in [0.25, 0.3) is 0 Å². The van der Waals surface area contributed by atoms with Gasteiger partial charge in [-0.05, 0) is 51.7 Å². The number of nitrogens with one attached hydrogen (secondary N) is 2. The van der Waals surface area contributed by atoms with Crippen LogP contribution in [0.1, 0.15) is 44.9 Å². The molecule has 0 bridgehead atoms. The van der Waals surface area contributed by atoms with E-state index in [1.165, 1.54) is 64.6 Å². The molecule has 0 unspecified atom stereocenters. The lowest BCUT2D eigenvalue weighted by atomic mass is 10.2. The normalized spacial score (nSPS) is 21.4. The molecule has 0 aromatic carbocycles. The molecule has 2 fully saturated rings. The van der Waals surface area contributed by atoms with Crippen LogP contribution < -0.4 is 10.6 Å². The van der Waals surface area contributed by atoms with Crippen molar-refractivity contribution in [2.45, 2.75) is 51.0 Å². The Morgan fingerprint density at radius 2 is 1.84 bits per heavy atom. The van der Waals surface area contributed by atoms with Gasteiger partial charge in [0.2, 0.25) is 0 Å². The molecule has 5 heteroatoms. The molecule has 0 radical (unpaired) electrons. The minimum atomic E-state index is 0. The summed E-state index contributed by atoms with van der Waals surface area (Å²) in [5.41, 5.74) is 0. The third kappa shape index (κ3) is 7.34. The average molecular weight is 380 g/mol. The van der Waals surface area contributed by atoms with Crippen molar-refractivity contribution in [3.63, 3.8) is 0 Å². The predicted octanol–water partition coefficient (Wildman–Crippen LogP) is 2.20. The van der Waals surface area contributed by atoms with Crippen LogP contribution in [0.5, 0.6) is 0 Å². The van der Waals surface area contributed by atoms with Gasteiger partial charge < -0.3 is 15.5 Å². The molecule has 0 aromatic rings.